The summed E-state index contributed by atoms with van der Waals surface area (Å²) in [5.74, 6) is -1.78. The van der Waals surface area contributed by atoms with E-state index in [1.807, 2.05) is 30.3 Å². The molecule has 0 aliphatic carbocycles. The lowest BCUT2D eigenvalue weighted by Crippen LogP contribution is -2.40. The fourth-order valence-corrected chi connectivity index (χ4v) is 2.73. The number of carboxylic acids is 1. The Hall–Kier alpha value is -3.35. The number of nitrogens with one attached hydrogen (secondary N) is 2. The van der Waals surface area contributed by atoms with E-state index < -0.39 is 11.9 Å². The standard InChI is InChI=1S/C20H23N3O4/c21-20(27)16-8-4-5-9-17(16)22-13-18(24)23-15(10-11-19(25)26)12-14-6-2-1-3-7-14/h1-9,15,22H,10-13H2,(H2,21,27)(H,23,24)(H,25,26). The Morgan fingerprint density at radius 3 is 2.33 bits per heavy atom. The summed E-state index contributed by atoms with van der Waals surface area (Å²) in [6, 6.07) is 15.9. The molecule has 0 fully saturated rings. The van der Waals surface area contributed by atoms with Crippen molar-refractivity contribution in [2.75, 3.05) is 11.9 Å². The molecule has 0 bridgehead atoms. The average molecular weight is 369 g/mol. The number of rotatable bonds is 10. The Kier molecular flexibility index (Phi) is 7.37. The number of aliphatic carboxylic acids is 1. The van der Waals surface area contributed by atoms with Crippen LogP contribution in [0.15, 0.2) is 54.6 Å². The van der Waals surface area contributed by atoms with Crippen LogP contribution in [-0.2, 0) is 16.0 Å². The molecule has 1 atom stereocenters. The van der Waals surface area contributed by atoms with Crippen LogP contribution >= 0.6 is 0 Å². The molecule has 27 heavy (non-hydrogen) atoms. The summed E-state index contributed by atoms with van der Waals surface area (Å²) in [6.07, 6.45) is 0.835. The minimum absolute atomic E-state index is 0.0320. The molecule has 2 rings (SSSR count). The molecule has 1 unspecified atom stereocenters. The van der Waals surface area contributed by atoms with Gasteiger partial charge in [-0.15, -0.1) is 0 Å². The van der Waals surface area contributed by atoms with Crippen LogP contribution in [0, 0.1) is 0 Å². The highest BCUT2D eigenvalue weighted by Gasteiger charge is 2.15. The van der Waals surface area contributed by atoms with Crippen LogP contribution in [-0.4, -0.2) is 35.5 Å². The van der Waals surface area contributed by atoms with E-state index in [9.17, 15) is 14.4 Å². The number of carboxylic acid groups (broad SMARTS) is 1. The van der Waals surface area contributed by atoms with Crippen LogP contribution in [0.3, 0.4) is 0 Å². The maximum absolute atomic E-state index is 12.3. The monoisotopic (exact) mass is 369 g/mol. The van der Waals surface area contributed by atoms with Crippen LogP contribution in [0.25, 0.3) is 0 Å². The van der Waals surface area contributed by atoms with Gasteiger partial charge in [0.15, 0.2) is 0 Å². The molecule has 0 heterocycles. The van der Waals surface area contributed by atoms with Crippen molar-refractivity contribution in [2.24, 2.45) is 5.73 Å². The normalized spacial score (nSPS) is 11.4. The van der Waals surface area contributed by atoms with E-state index in [2.05, 4.69) is 10.6 Å². The van der Waals surface area contributed by atoms with Crippen LogP contribution in [0.2, 0.25) is 0 Å². The summed E-state index contributed by atoms with van der Waals surface area (Å²) in [5, 5.41) is 14.7. The highest BCUT2D eigenvalue weighted by molar-refractivity contribution is 5.99. The van der Waals surface area contributed by atoms with E-state index in [0.717, 1.165) is 5.56 Å². The maximum atomic E-state index is 12.3. The van der Waals surface area contributed by atoms with Crippen LogP contribution in [0.5, 0.6) is 0 Å². The number of para-hydroxylation sites is 1. The third-order valence-electron chi connectivity index (χ3n) is 4.03. The SMILES string of the molecule is NC(=O)c1ccccc1NCC(=O)NC(CCC(=O)O)Cc1ccccc1. The summed E-state index contributed by atoms with van der Waals surface area (Å²) >= 11 is 0. The number of hydrogen-bond donors (Lipinski definition) is 4. The van der Waals surface area contributed by atoms with Gasteiger partial charge >= 0.3 is 5.97 Å². The predicted octanol–water partition coefficient (Wildman–Crippen LogP) is 1.79. The first-order valence-corrected chi connectivity index (χ1v) is 8.63. The second-order valence-corrected chi connectivity index (χ2v) is 6.15. The van der Waals surface area contributed by atoms with Gasteiger partial charge in [0.1, 0.15) is 0 Å². The van der Waals surface area contributed by atoms with Gasteiger partial charge < -0.3 is 21.5 Å². The molecule has 0 aliphatic heterocycles. The number of benzene rings is 2. The molecular weight excluding hydrogens is 346 g/mol. The molecule has 0 spiro atoms. The molecule has 0 aromatic heterocycles. The molecule has 0 aliphatic rings. The Morgan fingerprint density at radius 1 is 1.00 bits per heavy atom. The van der Waals surface area contributed by atoms with E-state index in [1.165, 1.54) is 0 Å². The Morgan fingerprint density at radius 2 is 1.67 bits per heavy atom. The average Bonchev–Trinajstić information content (AvgIpc) is 2.65. The summed E-state index contributed by atoms with van der Waals surface area (Å²) in [5.41, 5.74) is 7.11. The number of amides is 2. The molecule has 7 heteroatoms. The molecular formula is C20H23N3O4. The van der Waals surface area contributed by atoms with Crippen molar-refractivity contribution in [3.05, 3.63) is 65.7 Å². The van der Waals surface area contributed by atoms with E-state index in [-0.39, 0.29) is 24.9 Å². The van der Waals surface area contributed by atoms with Crippen molar-refractivity contribution in [2.45, 2.75) is 25.3 Å². The highest BCUT2D eigenvalue weighted by Crippen LogP contribution is 2.14. The minimum atomic E-state index is -0.907. The third kappa shape index (κ3) is 6.81. The molecule has 5 N–H and O–H groups in total. The zero-order chi connectivity index (χ0) is 19.6. The number of carbonyl (C=O) groups is 3. The van der Waals surface area contributed by atoms with Gasteiger partial charge in [-0.25, -0.2) is 0 Å². The summed E-state index contributed by atoms with van der Waals surface area (Å²) in [6.45, 7) is -0.0529. The van der Waals surface area contributed by atoms with Gasteiger partial charge in [-0.05, 0) is 30.5 Å². The van der Waals surface area contributed by atoms with Crippen LogP contribution in [0.4, 0.5) is 5.69 Å². The number of hydrogen-bond acceptors (Lipinski definition) is 4. The predicted molar refractivity (Wildman–Crippen MR) is 102 cm³/mol. The van der Waals surface area contributed by atoms with Crippen molar-refractivity contribution < 1.29 is 19.5 Å². The van der Waals surface area contributed by atoms with Gasteiger partial charge in [0, 0.05) is 18.2 Å². The number of anilines is 1. The van der Waals surface area contributed by atoms with Crippen molar-refractivity contribution >= 4 is 23.5 Å². The number of carbonyl (C=O) groups excluding carboxylic acids is 2. The first-order valence-electron chi connectivity index (χ1n) is 8.63. The topological polar surface area (TPSA) is 122 Å². The van der Waals surface area contributed by atoms with Crippen molar-refractivity contribution in [1.82, 2.24) is 5.32 Å². The molecule has 0 saturated carbocycles. The van der Waals surface area contributed by atoms with Crippen molar-refractivity contribution in [1.29, 1.82) is 0 Å². The molecule has 2 aromatic carbocycles. The smallest absolute Gasteiger partial charge is 0.303 e. The van der Waals surface area contributed by atoms with E-state index >= 15 is 0 Å². The lowest BCUT2D eigenvalue weighted by Gasteiger charge is -2.19. The first-order chi connectivity index (χ1) is 13.0. The largest absolute Gasteiger partial charge is 0.481 e. The highest BCUT2D eigenvalue weighted by atomic mass is 16.4. The Balaban J connectivity index is 1.96. The van der Waals surface area contributed by atoms with Gasteiger partial charge in [-0.1, -0.05) is 42.5 Å². The van der Waals surface area contributed by atoms with Gasteiger partial charge in [0.25, 0.3) is 5.91 Å². The van der Waals surface area contributed by atoms with Crippen LogP contribution < -0.4 is 16.4 Å². The fourth-order valence-electron chi connectivity index (χ4n) is 2.73. The lowest BCUT2D eigenvalue weighted by molar-refractivity contribution is -0.137. The first kappa shape index (κ1) is 20.0. The second kappa shape index (κ2) is 9.96. The zero-order valence-corrected chi connectivity index (χ0v) is 14.9. The Bertz CT molecular complexity index is 793. The van der Waals surface area contributed by atoms with Gasteiger partial charge in [0.05, 0.1) is 12.1 Å². The summed E-state index contributed by atoms with van der Waals surface area (Å²) in [7, 11) is 0. The van der Waals surface area contributed by atoms with E-state index in [4.69, 9.17) is 10.8 Å². The van der Waals surface area contributed by atoms with Gasteiger partial charge in [-0.2, -0.15) is 0 Å². The quantitative estimate of drug-likeness (QED) is 0.509. The number of primary amides is 1. The van der Waals surface area contributed by atoms with E-state index in [0.29, 0.717) is 24.1 Å². The number of nitrogens with two attached hydrogens (primary N) is 1. The summed E-state index contributed by atoms with van der Waals surface area (Å²) in [4.78, 5) is 34.6. The lowest BCUT2D eigenvalue weighted by atomic mass is 10.0. The molecule has 2 aromatic rings. The zero-order valence-electron chi connectivity index (χ0n) is 14.9. The fraction of sp³-hybridized carbons (Fsp3) is 0.250. The second-order valence-electron chi connectivity index (χ2n) is 6.15. The van der Waals surface area contributed by atoms with Gasteiger partial charge in [-0.3, -0.25) is 14.4 Å². The van der Waals surface area contributed by atoms with E-state index in [1.54, 1.807) is 24.3 Å². The van der Waals surface area contributed by atoms with Crippen molar-refractivity contribution in [3.8, 4) is 0 Å². The molecule has 0 saturated heterocycles. The third-order valence-corrected chi connectivity index (χ3v) is 4.03. The van der Waals surface area contributed by atoms with Crippen LogP contribution in [0.1, 0.15) is 28.8 Å². The minimum Gasteiger partial charge on any atom is -0.481 e. The molecule has 7 nitrogen and oxygen atoms in total. The Labute approximate surface area is 157 Å². The molecule has 0 radical (unpaired) electrons. The molecule has 142 valence electrons. The maximum Gasteiger partial charge on any atom is 0.303 e. The summed E-state index contributed by atoms with van der Waals surface area (Å²) < 4.78 is 0. The van der Waals surface area contributed by atoms with Gasteiger partial charge in [0.2, 0.25) is 5.91 Å². The van der Waals surface area contributed by atoms with Crippen molar-refractivity contribution in [3.63, 3.8) is 0 Å². The molecule has 2 amide bonds.